The number of nitrogens with zero attached hydrogens (tertiary/aromatic N) is 2. The molecule has 1 aliphatic rings. The lowest BCUT2D eigenvalue weighted by molar-refractivity contribution is 0.129. The van der Waals surface area contributed by atoms with Crippen molar-refractivity contribution >= 4 is 11.8 Å². The molecule has 1 fully saturated rings. The maximum atomic E-state index is 8.88. The first-order chi connectivity index (χ1) is 7.40. The van der Waals surface area contributed by atoms with Crippen LogP contribution in [0.1, 0.15) is 18.4 Å². The Labute approximate surface area is 93.5 Å². The molecular weight excluding hydrogens is 208 g/mol. The third-order valence-corrected chi connectivity index (χ3v) is 3.46. The van der Waals surface area contributed by atoms with Crippen molar-refractivity contribution in [3.63, 3.8) is 0 Å². The number of rotatable bonds is 3. The Balaban J connectivity index is 1.95. The molecule has 0 amide bonds. The van der Waals surface area contributed by atoms with Crippen LogP contribution in [-0.2, 0) is 4.74 Å². The van der Waals surface area contributed by atoms with Crippen molar-refractivity contribution in [2.75, 3.05) is 12.4 Å². The number of ether oxygens (including phenoxy) is 1. The highest BCUT2D eigenvalue weighted by Crippen LogP contribution is 2.24. The van der Waals surface area contributed by atoms with E-state index in [1.54, 1.807) is 30.1 Å². The van der Waals surface area contributed by atoms with Gasteiger partial charge < -0.3 is 4.74 Å². The van der Waals surface area contributed by atoms with Crippen LogP contribution in [0.4, 0.5) is 0 Å². The number of hydrogen-bond acceptors (Lipinski definition) is 4. The summed E-state index contributed by atoms with van der Waals surface area (Å²) in [7, 11) is 0. The van der Waals surface area contributed by atoms with Crippen molar-refractivity contribution in [1.82, 2.24) is 4.98 Å². The number of thioether (sulfide) groups is 1. The van der Waals surface area contributed by atoms with Crippen LogP contribution in [0.2, 0.25) is 0 Å². The van der Waals surface area contributed by atoms with Crippen LogP contribution >= 0.6 is 11.8 Å². The summed E-state index contributed by atoms with van der Waals surface area (Å²) in [6.45, 7) is 0.874. The Morgan fingerprint density at radius 3 is 3.33 bits per heavy atom. The smallest absolute Gasteiger partial charge is 0.114 e. The molecule has 15 heavy (non-hydrogen) atoms. The lowest BCUT2D eigenvalue weighted by Gasteiger charge is -2.08. The summed E-state index contributed by atoms with van der Waals surface area (Å²) < 4.78 is 5.52. The van der Waals surface area contributed by atoms with Crippen molar-refractivity contribution in [3.8, 4) is 6.07 Å². The molecule has 1 atom stereocenters. The first-order valence-electron chi connectivity index (χ1n) is 4.99. The van der Waals surface area contributed by atoms with E-state index in [0.717, 1.165) is 30.2 Å². The predicted molar refractivity (Wildman–Crippen MR) is 58.7 cm³/mol. The molecule has 2 heterocycles. The lowest BCUT2D eigenvalue weighted by Crippen LogP contribution is -2.08. The first kappa shape index (κ1) is 10.5. The normalized spacial score (nSPS) is 20.1. The fourth-order valence-corrected chi connectivity index (χ4v) is 2.55. The van der Waals surface area contributed by atoms with E-state index < -0.39 is 0 Å². The van der Waals surface area contributed by atoms with Crippen LogP contribution in [0, 0.1) is 11.3 Å². The Bertz CT molecular complexity index is 369. The Morgan fingerprint density at radius 2 is 2.60 bits per heavy atom. The SMILES string of the molecule is N#Cc1cccnc1SCC1CCCO1. The van der Waals surface area contributed by atoms with E-state index in [4.69, 9.17) is 10.00 Å². The zero-order valence-corrected chi connectivity index (χ0v) is 9.17. The standard InChI is InChI=1S/C11H12N2OS/c12-7-9-3-1-5-13-11(9)15-8-10-4-2-6-14-10/h1,3,5,10H,2,4,6,8H2. The van der Waals surface area contributed by atoms with Crippen LogP contribution in [-0.4, -0.2) is 23.4 Å². The van der Waals surface area contributed by atoms with Gasteiger partial charge in [-0.25, -0.2) is 4.98 Å². The van der Waals surface area contributed by atoms with E-state index in [1.807, 2.05) is 0 Å². The molecule has 3 nitrogen and oxygen atoms in total. The summed E-state index contributed by atoms with van der Waals surface area (Å²) in [4.78, 5) is 4.20. The minimum absolute atomic E-state index is 0.337. The van der Waals surface area contributed by atoms with Crippen LogP contribution in [0.15, 0.2) is 23.4 Å². The number of hydrogen-bond donors (Lipinski definition) is 0. The molecule has 4 heteroatoms. The number of nitriles is 1. The second-order valence-corrected chi connectivity index (χ2v) is 4.42. The fraction of sp³-hybridized carbons (Fsp3) is 0.455. The predicted octanol–water partition coefficient (Wildman–Crippen LogP) is 2.22. The number of aromatic nitrogens is 1. The third-order valence-electron chi connectivity index (χ3n) is 2.32. The van der Waals surface area contributed by atoms with Gasteiger partial charge in [0.25, 0.3) is 0 Å². The van der Waals surface area contributed by atoms with E-state index in [-0.39, 0.29) is 0 Å². The van der Waals surface area contributed by atoms with Crippen molar-refractivity contribution in [3.05, 3.63) is 23.9 Å². The van der Waals surface area contributed by atoms with Gasteiger partial charge in [0.15, 0.2) is 0 Å². The van der Waals surface area contributed by atoms with E-state index in [1.165, 1.54) is 0 Å². The van der Waals surface area contributed by atoms with Gasteiger partial charge in [0.05, 0.1) is 11.7 Å². The second kappa shape index (κ2) is 5.15. The Kier molecular flexibility index (Phi) is 3.59. The van der Waals surface area contributed by atoms with Gasteiger partial charge in [-0.2, -0.15) is 5.26 Å². The summed E-state index contributed by atoms with van der Waals surface area (Å²) in [6.07, 6.45) is 4.34. The van der Waals surface area contributed by atoms with Crippen molar-refractivity contribution in [2.45, 2.75) is 24.0 Å². The van der Waals surface area contributed by atoms with Gasteiger partial charge in [0.2, 0.25) is 0 Å². The minimum Gasteiger partial charge on any atom is -0.377 e. The zero-order chi connectivity index (χ0) is 10.5. The topological polar surface area (TPSA) is 45.9 Å². The van der Waals surface area contributed by atoms with Gasteiger partial charge in [-0.05, 0) is 25.0 Å². The summed E-state index contributed by atoms with van der Waals surface area (Å²) in [6, 6.07) is 5.73. The molecule has 0 aromatic carbocycles. The second-order valence-electron chi connectivity index (χ2n) is 3.41. The highest BCUT2D eigenvalue weighted by atomic mass is 32.2. The Hall–Kier alpha value is -1.05. The molecule has 2 rings (SSSR count). The molecule has 0 bridgehead atoms. The quantitative estimate of drug-likeness (QED) is 0.733. The molecule has 0 saturated carbocycles. The van der Waals surface area contributed by atoms with Crippen LogP contribution < -0.4 is 0 Å². The molecule has 78 valence electrons. The van der Waals surface area contributed by atoms with Gasteiger partial charge in [-0.3, -0.25) is 0 Å². The molecule has 0 radical (unpaired) electrons. The molecule has 0 N–H and O–H groups in total. The zero-order valence-electron chi connectivity index (χ0n) is 8.35. The number of pyridine rings is 1. The lowest BCUT2D eigenvalue weighted by atomic mass is 10.3. The summed E-state index contributed by atoms with van der Waals surface area (Å²) >= 11 is 1.61. The van der Waals surface area contributed by atoms with Crippen LogP contribution in [0.5, 0.6) is 0 Å². The van der Waals surface area contributed by atoms with Gasteiger partial charge in [0.1, 0.15) is 11.1 Å². The average molecular weight is 220 g/mol. The minimum atomic E-state index is 0.337. The van der Waals surface area contributed by atoms with Gasteiger partial charge in [-0.15, -0.1) is 11.8 Å². The molecule has 1 saturated heterocycles. The van der Waals surface area contributed by atoms with Crippen LogP contribution in [0.3, 0.4) is 0 Å². The summed E-state index contributed by atoms with van der Waals surface area (Å²) in [5.74, 6) is 0.895. The maximum absolute atomic E-state index is 8.88. The fourth-order valence-electron chi connectivity index (χ4n) is 1.54. The third kappa shape index (κ3) is 2.71. The highest BCUT2D eigenvalue weighted by molar-refractivity contribution is 7.99. The highest BCUT2D eigenvalue weighted by Gasteiger charge is 2.16. The van der Waals surface area contributed by atoms with E-state index >= 15 is 0 Å². The average Bonchev–Trinajstić information content (AvgIpc) is 2.79. The van der Waals surface area contributed by atoms with E-state index in [9.17, 15) is 0 Å². The first-order valence-corrected chi connectivity index (χ1v) is 5.98. The molecule has 1 unspecified atom stereocenters. The monoisotopic (exact) mass is 220 g/mol. The van der Waals surface area contributed by atoms with Gasteiger partial charge >= 0.3 is 0 Å². The molecular formula is C11H12N2OS. The van der Waals surface area contributed by atoms with Crippen molar-refractivity contribution < 1.29 is 4.74 Å². The Morgan fingerprint density at radius 1 is 1.67 bits per heavy atom. The molecule has 0 aliphatic carbocycles. The molecule has 1 aromatic heterocycles. The molecule has 1 aliphatic heterocycles. The van der Waals surface area contributed by atoms with Gasteiger partial charge in [-0.1, -0.05) is 0 Å². The maximum Gasteiger partial charge on any atom is 0.114 e. The largest absolute Gasteiger partial charge is 0.377 e. The van der Waals surface area contributed by atoms with Gasteiger partial charge in [0, 0.05) is 18.6 Å². The van der Waals surface area contributed by atoms with E-state index in [0.29, 0.717) is 11.7 Å². The summed E-state index contributed by atoms with van der Waals surface area (Å²) in [5, 5.41) is 9.69. The van der Waals surface area contributed by atoms with Crippen molar-refractivity contribution in [1.29, 1.82) is 5.26 Å². The van der Waals surface area contributed by atoms with Crippen LogP contribution in [0.25, 0.3) is 0 Å². The summed E-state index contributed by atoms with van der Waals surface area (Å²) in [5.41, 5.74) is 0.653. The van der Waals surface area contributed by atoms with Crippen molar-refractivity contribution in [2.24, 2.45) is 0 Å². The molecule has 1 aromatic rings. The molecule has 0 spiro atoms. The van der Waals surface area contributed by atoms with E-state index in [2.05, 4.69) is 11.1 Å².